The topological polar surface area (TPSA) is 0 Å². The quantitative estimate of drug-likeness (QED) is 0.459. The fourth-order valence-electron chi connectivity index (χ4n) is 2.23. The van der Waals surface area contributed by atoms with E-state index < -0.39 is 0 Å². The summed E-state index contributed by atoms with van der Waals surface area (Å²) >= 11 is 10.4. The molecule has 0 unspecified atom stereocenters. The molecule has 0 saturated heterocycles. The maximum Gasteiger partial charge on any atom is 0.137 e. The summed E-state index contributed by atoms with van der Waals surface area (Å²) in [6.07, 6.45) is 0.716. The largest absolute Gasteiger partial charge is 0.207 e. The third-order valence-corrected chi connectivity index (χ3v) is 6.25. The highest BCUT2D eigenvalue weighted by molar-refractivity contribution is 9.10. The van der Waals surface area contributed by atoms with Crippen molar-refractivity contribution in [2.75, 3.05) is 10.7 Å². The molecular formula is C16H13Br3F2. The van der Waals surface area contributed by atoms with E-state index in [0.717, 1.165) is 11.1 Å². The Labute approximate surface area is 148 Å². The first-order valence-electron chi connectivity index (χ1n) is 6.33. The molecule has 0 aliphatic heterocycles. The standard InChI is InChI=1S/C16H13Br3F2/c17-9-16(10-18,12-2-4-13(20)5-3-12)8-11-1-6-15(21)14(19)7-11/h1-7H,8-10H2. The van der Waals surface area contributed by atoms with Gasteiger partial charge in [0.25, 0.3) is 0 Å². The minimum absolute atomic E-state index is 0.217. The lowest BCUT2D eigenvalue weighted by Crippen LogP contribution is -2.33. The van der Waals surface area contributed by atoms with Crippen molar-refractivity contribution in [1.29, 1.82) is 0 Å². The molecule has 0 spiro atoms. The van der Waals surface area contributed by atoms with Crippen LogP contribution >= 0.6 is 47.8 Å². The highest BCUT2D eigenvalue weighted by Gasteiger charge is 2.30. The summed E-state index contributed by atoms with van der Waals surface area (Å²) in [6, 6.07) is 11.6. The minimum Gasteiger partial charge on any atom is -0.207 e. The van der Waals surface area contributed by atoms with Crippen LogP contribution in [-0.2, 0) is 11.8 Å². The molecule has 2 aromatic rings. The van der Waals surface area contributed by atoms with Crippen molar-refractivity contribution in [3.8, 4) is 0 Å². The van der Waals surface area contributed by atoms with E-state index in [1.54, 1.807) is 24.3 Å². The van der Waals surface area contributed by atoms with Crippen molar-refractivity contribution in [2.24, 2.45) is 0 Å². The van der Waals surface area contributed by atoms with Gasteiger partial charge in [0.05, 0.1) is 4.47 Å². The summed E-state index contributed by atoms with van der Waals surface area (Å²) in [4.78, 5) is 0. The molecule has 0 aliphatic rings. The van der Waals surface area contributed by atoms with Crippen LogP contribution in [0.15, 0.2) is 46.9 Å². The SMILES string of the molecule is Fc1ccc(C(CBr)(CBr)Cc2ccc(F)c(Br)c2)cc1. The average Bonchev–Trinajstić information content (AvgIpc) is 2.49. The molecule has 0 nitrogen and oxygen atoms in total. The first-order valence-corrected chi connectivity index (χ1v) is 9.36. The van der Waals surface area contributed by atoms with Gasteiger partial charge in [0.2, 0.25) is 0 Å². The van der Waals surface area contributed by atoms with Crippen molar-refractivity contribution in [3.05, 3.63) is 69.7 Å². The lowest BCUT2D eigenvalue weighted by Gasteiger charge is -2.31. The second-order valence-electron chi connectivity index (χ2n) is 4.98. The van der Waals surface area contributed by atoms with Gasteiger partial charge in [-0.25, -0.2) is 8.78 Å². The second-order valence-corrected chi connectivity index (χ2v) is 6.96. The van der Waals surface area contributed by atoms with Crippen molar-refractivity contribution in [3.63, 3.8) is 0 Å². The van der Waals surface area contributed by atoms with Gasteiger partial charge >= 0.3 is 0 Å². The Hall–Kier alpha value is -0.260. The smallest absolute Gasteiger partial charge is 0.137 e. The Morgan fingerprint density at radius 1 is 0.905 bits per heavy atom. The lowest BCUT2D eigenvalue weighted by molar-refractivity contribution is 0.545. The zero-order valence-corrected chi connectivity index (χ0v) is 15.8. The number of hydrogen-bond donors (Lipinski definition) is 0. The van der Waals surface area contributed by atoms with Crippen LogP contribution in [0.3, 0.4) is 0 Å². The van der Waals surface area contributed by atoms with Gasteiger partial charge in [-0.15, -0.1) is 0 Å². The zero-order valence-electron chi connectivity index (χ0n) is 11.1. The van der Waals surface area contributed by atoms with Crippen molar-refractivity contribution < 1.29 is 8.78 Å². The van der Waals surface area contributed by atoms with Gasteiger partial charge in [0, 0.05) is 16.1 Å². The number of rotatable bonds is 5. The van der Waals surface area contributed by atoms with Crippen molar-refractivity contribution >= 4 is 47.8 Å². The van der Waals surface area contributed by atoms with Crippen molar-refractivity contribution in [1.82, 2.24) is 0 Å². The highest BCUT2D eigenvalue weighted by Crippen LogP contribution is 2.34. The van der Waals surface area contributed by atoms with E-state index in [0.29, 0.717) is 21.6 Å². The third kappa shape index (κ3) is 3.93. The van der Waals surface area contributed by atoms with Gasteiger partial charge in [0.15, 0.2) is 0 Å². The monoisotopic (exact) mass is 480 g/mol. The van der Waals surface area contributed by atoms with Gasteiger partial charge in [-0.2, -0.15) is 0 Å². The molecule has 0 aromatic heterocycles. The van der Waals surface area contributed by atoms with Crippen molar-refractivity contribution in [2.45, 2.75) is 11.8 Å². The molecule has 2 rings (SSSR count). The summed E-state index contributed by atoms with van der Waals surface area (Å²) in [5.74, 6) is -0.523. The zero-order chi connectivity index (χ0) is 15.5. The summed E-state index contributed by atoms with van der Waals surface area (Å²) in [6.45, 7) is 0. The van der Waals surface area contributed by atoms with E-state index >= 15 is 0 Å². The lowest BCUT2D eigenvalue weighted by atomic mass is 9.79. The molecule has 0 bridgehead atoms. The Morgan fingerprint density at radius 3 is 2.05 bits per heavy atom. The molecule has 21 heavy (non-hydrogen) atoms. The van der Waals surface area contributed by atoms with E-state index in [4.69, 9.17) is 0 Å². The molecule has 0 heterocycles. The highest BCUT2D eigenvalue weighted by atomic mass is 79.9. The molecule has 0 radical (unpaired) electrons. The minimum atomic E-state index is -0.274. The van der Waals surface area contributed by atoms with Crippen LogP contribution in [0.2, 0.25) is 0 Å². The first-order chi connectivity index (χ1) is 10.0. The van der Waals surface area contributed by atoms with Crippen LogP contribution in [0.25, 0.3) is 0 Å². The third-order valence-electron chi connectivity index (χ3n) is 3.49. The van der Waals surface area contributed by atoms with Crippen LogP contribution in [-0.4, -0.2) is 10.7 Å². The maximum atomic E-state index is 13.4. The number of alkyl halides is 2. The number of halogens is 5. The van der Waals surface area contributed by atoms with Gasteiger partial charge in [0.1, 0.15) is 11.6 Å². The maximum absolute atomic E-state index is 13.4. The Morgan fingerprint density at radius 2 is 1.52 bits per heavy atom. The molecule has 0 aliphatic carbocycles. The number of hydrogen-bond acceptors (Lipinski definition) is 0. The van der Waals surface area contributed by atoms with Crippen LogP contribution in [0.1, 0.15) is 11.1 Å². The van der Waals surface area contributed by atoms with Crippen LogP contribution in [0, 0.1) is 11.6 Å². The van der Waals surface area contributed by atoms with Gasteiger partial charge in [-0.3, -0.25) is 0 Å². The van der Waals surface area contributed by atoms with Gasteiger partial charge in [-0.1, -0.05) is 50.1 Å². The van der Waals surface area contributed by atoms with E-state index in [-0.39, 0.29) is 17.0 Å². The second kappa shape index (κ2) is 7.34. The fourth-order valence-corrected chi connectivity index (χ4v) is 4.63. The molecule has 2 aromatic carbocycles. The first kappa shape index (κ1) is 17.1. The normalized spacial score (nSPS) is 11.7. The van der Waals surface area contributed by atoms with E-state index in [9.17, 15) is 8.78 Å². The summed E-state index contributed by atoms with van der Waals surface area (Å²) in [7, 11) is 0. The molecule has 0 fully saturated rings. The Bertz CT molecular complexity index is 607. The number of benzene rings is 2. The van der Waals surface area contributed by atoms with Crippen LogP contribution in [0.5, 0.6) is 0 Å². The Kier molecular flexibility index (Phi) is 5.97. The average molecular weight is 483 g/mol. The molecule has 5 heteroatoms. The van der Waals surface area contributed by atoms with E-state index in [1.165, 1.54) is 18.2 Å². The molecule has 0 saturated carbocycles. The summed E-state index contributed by atoms with van der Waals surface area (Å²) in [5.41, 5.74) is 1.84. The van der Waals surface area contributed by atoms with E-state index in [1.807, 2.05) is 0 Å². The summed E-state index contributed by atoms with van der Waals surface area (Å²) in [5, 5.41) is 1.43. The molecular weight excluding hydrogens is 470 g/mol. The predicted molar refractivity (Wildman–Crippen MR) is 93.5 cm³/mol. The fraction of sp³-hybridized carbons (Fsp3) is 0.250. The molecule has 0 N–H and O–H groups in total. The predicted octanol–water partition coefficient (Wildman–Crippen LogP) is 6.00. The summed E-state index contributed by atoms with van der Waals surface area (Å²) < 4.78 is 26.9. The Balaban J connectivity index is 2.37. The molecule has 112 valence electrons. The molecule has 0 amide bonds. The van der Waals surface area contributed by atoms with Crippen LogP contribution in [0.4, 0.5) is 8.78 Å². The van der Waals surface area contributed by atoms with E-state index in [2.05, 4.69) is 47.8 Å². The van der Waals surface area contributed by atoms with Gasteiger partial charge < -0.3 is 0 Å². The van der Waals surface area contributed by atoms with Crippen LogP contribution < -0.4 is 0 Å². The van der Waals surface area contributed by atoms with Gasteiger partial charge in [-0.05, 0) is 57.7 Å². The molecule has 0 atom stereocenters.